The van der Waals surface area contributed by atoms with Gasteiger partial charge in [-0.25, -0.2) is 0 Å². The minimum absolute atomic E-state index is 0.0672. The van der Waals surface area contributed by atoms with Crippen LogP contribution in [0.4, 0.5) is 0 Å². The van der Waals surface area contributed by atoms with Gasteiger partial charge in [0.2, 0.25) is 0 Å². The third-order valence-corrected chi connectivity index (χ3v) is 4.88. The van der Waals surface area contributed by atoms with Gasteiger partial charge in [-0.1, -0.05) is 25.0 Å². The molecular formula is C18H26O3. The van der Waals surface area contributed by atoms with Gasteiger partial charge < -0.3 is 14.6 Å². The standard InChI is InChI=1S/C18H26O3/c1-13-5-6-16(14(2)19)17(11-13)21-15-7-10-20-18(12-15)8-3-4-9-18/h5-6,11,14-15,19H,3-4,7-10,12H2,1-2H3. The van der Waals surface area contributed by atoms with Gasteiger partial charge in [-0.05, 0) is 38.3 Å². The molecule has 3 heteroatoms. The molecule has 1 saturated carbocycles. The summed E-state index contributed by atoms with van der Waals surface area (Å²) in [6.07, 6.45) is 6.52. The highest BCUT2D eigenvalue weighted by atomic mass is 16.5. The number of aliphatic hydroxyl groups excluding tert-OH is 1. The summed E-state index contributed by atoms with van der Waals surface area (Å²) < 4.78 is 12.3. The third kappa shape index (κ3) is 3.24. The van der Waals surface area contributed by atoms with E-state index in [0.29, 0.717) is 0 Å². The zero-order valence-corrected chi connectivity index (χ0v) is 13.1. The zero-order chi connectivity index (χ0) is 14.9. The van der Waals surface area contributed by atoms with E-state index < -0.39 is 6.10 Å². The topological polar surface area (TPSA) is 38.7 Å². The molecule has 1 aliphatic heterocycles. The molecule has 1 aliphatic carbocycles. The smallest absolute Gasteiger partial charge is 0.125 e. The van der Waals surface area contributed by atoms with Crippen molar-refractivity contribution in [2.45, 2.75) is 70.2 Å². The first kappa shape index (κ1) is 14.9. The van der Waals surface area contributed by atoms with Crippen LogP contribution >= 0.6 is 0 Å². The van der Waals surface area contributed by atoms with Crippen molar-refractivity contribution in [3.05, 3.63) is 29.3 Å². The van der Waals surface area contributed by atoms with Crippen molar-refractivity contribution in [2.75, 3.05) is 6.61 Å². The second-order valence-corrected chi connectivity index (χ2v) is 6.69. The lowest BCUT2D eigenvalue weighted by atomic mass is 9.90. The molecule has 0 bridgehead atoms. The van der Waals surface area contributed by atoms with Crippen LogP contribution in [0, 0.1) is 6.92 Å². The van der Waals surface area contributed by atoms with E-state index >= 15 is 0 Å². The largest absolute Gasteiger partial charge is 0.490 e. The molecule has 3 rings (SSSR count). The number of hydrogen-bond donors (Lipinski definition) is 1. The Kier molecular flexibility index (Phi) is 4.23. The second-order valence-electron chi connectivity index (χ2n) is 6.69. The van der Waals surface area contributed by atoms with Crippen molar-refractivity contribution in [1.29, 1.82) is 0 Å². The summed E-state index contributed by atoms with van der Waals surface area (Å²) in [5.74, 6) is 0.838. The summed E-state index contributed by atoms with van der Waals surface area (Å²) in [5, 5.41) is 9.93. The SMILES string of the molecule is Cc1ccc(C(C)O)c(OC2CCOC3(CCCC3)C2)c1. The van der Waals surface area contributed by atoms with Crippen LogP contribution in [0.3, 0.4) is 0 Å². The Labute approximate surface area is 127 Å². The normalized spacial score (nSPS) is 26.0. The molecule has 0 aromatic heterocycles. The van der Waals surface area contributed by atoms with Crippen molar-refractivity contribution < 1.29 is 14.6 Å². The maximum absolute atomic E-state index is 9.93. The molecule has 1 heterocycles. The van der Waals surface area contributed by atoms with Crippen LogP contribution in [0.15, 0.2) is 18.2 Å². The Balaban J connectivity index is 1.75. The van der Waals surface area contributed by atoms with Crippen LogP contribution < -0.4 is 4.74 Å². The summed E-state index contributed by atoms with van der Waals surface area (Å²) in [7, 11) is 0. The lowest BCUT2D eigenvalue weighted by Gasteiger charge is -2.38. The van der Waals surface area contributed by atoms with E-state index in [1.165, 1.54) is 25.7 Å². The summed E-state index contributed by atoms with van der Waals surface area (Å²) in [5.41, 5.74) is 2.11. The molecule has 1 spiro atoms. The first-order valence-corrected chi connectivity index (χ1v) is 8.17. The van der Waals surface area contributed by atoms with E-state index in [1.807, 2.05) is 18.2 Å². The van der Waals surface area contributed by atoms with Crippen LogP contribution in [-0.2, 0) is 4.74 Å². The fourth-order valence-corrected chi connectivity index (χ4v) is 3.72. The van der Waals surface area contributed by atoms with E-state index in [0.717, 1.165) is 36.3 Å². The molecule has 2 unspecified atom stereocenters. The molecular weight excluding hydrogens is 264 g/mol. The van der Waals surface area contributed by atoms with Gasteiger partial charge in [0.25, 0.3) is 0 Å². The fraction of sp³-hybridized carbons (Fsp3) is 0.667. The van der Waals surface area contributed by atoms with Crippen molar-refractivity contribution in [3.63, 3.8) is 0 Å². The van der Waals surface area contributed by atoms with E-state index in [-0.39, 0.29) is 11.7 Å². The molecule has 2 fully saturated rings. The van der Waals surface area contributed by atoms with Gasteiger partial charge in [0, 0.05) is 18.4 Å². The molecule has 0 radical (unpaired) electrons. The van der Waals surface area contributed by atoms with Crippen LogP contribution in [0.1, 0.15) is 62.7 Å². The summed E-state index contributed by atoms with van der Waals surface area (Å²) in [6.45, 7) is 4.64. The Morgan fingerprint density at radius 2 is 2.10 bits per heavy atom. The molecule has 1 N–H and O–H groups in total. The Bertz CT molecular complexity index is 489. The predicted molar refractivity (Wildman–Crippen MR) is 82.6 cm³/mol. The molecule has 3 nitrogen and oxygen atoms in total. The van der Waals surface area contributed by atoms with Crippen molar-refractivity contribution in [3.8, 4) is 5.75 Å². The average molecular weight is 290 g/mol. The van der Waals surface area contributed by atoms with Crippen LogP contribution in [-0.4, -0.2) is 23.4 Å². The Morgan fingerprint density at radius 3 is 2.81 bits per heavy atom. The second kappa shape index (κ2) is 5.98. The van der Waals surface area contributed by atoms with Gasteiger partial charge >= 0.3 is 0 Å². The number of ether oxygens (including phenoxy) is 2. The van der Waals surface area contributed by atoms with Crippen LogP contribution in [0.25, 0.3) is 0 Å². The predicted octanol–water partition coefficient (Wildman–Crippen LogP) is 3.92. The first-order chi connectivity index (χ1) is 10.1. The lowest BCUT2D eigenvalue weighted by molar-refractivity contribution is -0.108. The molecule has 2 atom stereocenters. The number of hydrogen-bond acceptors (Lipinski definition) is 3. The molecule has 0 amide bonds. The molecule has 1 saturated heterocycles. The third-order valence-electron chi connectivity index (χ3n) is 4.88. The monoisotopic (exact) mass is 290 g/mol. The minimum Gasteiger partial charge on any atom is -0.490 e. The van der Waals surface area contributed by atoms with Gasteiger partial charge in [-0.3, -0.25) is 0 Å². The average Bonchev–Trinajstić information content (AvgIpc) is 2.86. The van der Waals surface area contributed by atoms with E-state index in [9.17, 15) is 5.11 Å². The molecule has 2 aliphatic rings. The van der Waals surface area contributed by atoms with E-state index in [4.69, 9.17) is 9.47 Å². The Hall–Kier alpha value is -1.06. The van der Waals surface area contributed by atoms with Gasteiger partial charge in [-0.15, -0.1) is 0 Å². The summed E-state index contributed by atoms with van der Waals surface area (Å²) >= 11 is 0. The zero-order valence-electron chi connectivity index (χ0n) is 13.1. The maximum Gasteiger partial charge on any atom is 0.125 e. The van der Waals surface area contributed by atoms with Crippen molar-refractivity contribution >= 4 is 0 Å². The molecule has 1 aromatic carbocycles. The van der Waals surface area contributed by atoms with E-state index in [2.05, 4.69) is 6.92 Å². The molecule has 1 aromatic rings. The molecule has 21 heavy (non-hydrogen) atoms. The number of benzene rings is 1. The van der Waals surface area contributed by atoms with Crippen LogP contribution in [0.2, 0.25) is 0 Å². The van der Waals surface area contributed by atoms with E-state index in [1.54, 1.807) is 6.92 Å². The fourth-order valence-electron chi connectivity index (χ4n) is 3.72. The first-order valence-electron chi connectivity index (χ1n) is 8.17. The summed E-state index contributed by atoms with van der Waals surface area (Å²) in [4.78, 5) is 0. The summed E-state index contributed by atoms with van der Waals surface area (Å²) in [6, 6.07) is 6.04. The van der Waals surface area contributed by atoms with Crippen molar-refractivity contribution in [2.24, 2.45) is 0 Å². The number of aliphatic hydroxyl groups is 1. The minimum atomic E-state index is -0.499. The maximum atomic E-state index is 9.93. The van der Waals surface area contributed by atoms with Gasteiger partial charge in [-0.2, -0.15) is 0 Å². The van der Waals surface area contributed by atoms with Gasteiger partial charge in [0.1, 0.15) is 11.9 Å². The van der Waals surface area contributed by atoms with Gasteiger partial charge in [0.05, 0.1) is 18.3 Å². The van der Waals surface area contributed by atoms with Crippen molar-refractivity contribution in [1.82, 2.24) is 0 Å². The highest BCUT2D eigenvalue weighted by Crippen LogP contribution is 2.41. The lowest BCUT2D eigenvalue weighted by Crippen LogP contribution is -2.41. The quantitative estimate of drug-likeness (QED) is 0.917. The van der Waals surface area contributed by atoms with Crippen LogP contribution in [0.5, 0.6) is 5.75 Å². The highest BCUT2D eigenvalue weighted by molar-refractivity contribution is 5.38. The van der Waals surface area contributed by atoms with Gasteiger partial charge in [0.15, 0.2) is 0 Å². The number of rotatable bonds is 3. The highest BCUT2D eigenvalue weighted by Gasteiger charge is 2.40. The molecule has 116 valence electrons. The number of aryl methyl sites for hydroxylation is 1. The Morgan fingerprint density at radius 1 is 1.33 bits per heavy atom.